The number of hydrogen-bond acceptors (Lipinski definition) is 4. The van der Waals surface area contributed by atoms with Gasteiger partial charge in [-0.3, -0.25) is 9.69 Å². The minimum absolute atomic E-state index is 0.0379. The number of piperidine rings is 1. The molecule has 0 bridgehead atoms. The Bertz CT molecular complexity index is 1120. The van der Waals surface area contributed by atoms with Crippen LogP contribution in [0.4, 0.5) is 4.79 Å². The van der Waals surface area contributed by atoms with E-state index in [1.165, 1.54) is 11.1 Å². The third-order valence-electron chi connectivity index (χ3n) is 7.51. The highest BCUT2D eigenvalue weighted by atomic mass is 16.2. The van der Waals surface area contributed by atoms with Crippen LogP contribution < -0.4 is 21.3 Å². The molecule has 1 heterocycles. The quantitative estimate of drug-likeness (QED) is 0.276. The molecule has 0 aliphatic carbocycles. The summed E-state index contributed by atoms with van der Waals surface area (Å²) in [6, 6.07) is 30.1. The van der Waals surface area contributed by atoms with Gasteiger partial charge < -0.3 is 21.3 Å². The molecule has 1 fully saturated rings. The first kappa shape index (κ1) is 28.3. The van der Waals surface area contributed by atoms with Gasteiger partial charge >= 0.3 is 6.03 Å². The summed E-state index contributed by atoms with van der Waals surface area (Å²) in [6.45, 7) is 3.98. The maximum atomic E-state index is 13.0. The first-order valence-electron chi connectivity index (χ1n) is 14.0. The summed E-state index contributed by atoms with van der Waals surface area (Å²) in [5.41, 5.74) is 2.99. The second kappa shape index (κ2) is 14.5. The van der Waals surface area contributed by atoms with Crippen LogP contribution in [-0.4, -0.2) is 55.7 Å². The Labute approximate surface area is 232 Å². The lowest BCUT2D eigenvalue weighted by Gasteiger charge is -2.48. The molecule has 1 saturated heterocycles. The number of likely N-dealkylation sites (N-methyl/N-ethyl adjacent to an activating group) is 1. The molecule has 0 aromatic heterocycles. The van der Waals surface area contributed by atoms with Crippen molar-refractivity contribution < 1.29 is 9.59 Å². The van der Waals surface area contributed by atoms with Crippen LogP contribution in [-0.2, 0) is 0 Å². The number of likely N-dealkylation sites (tertiary alicyclic amines) is 1. The minimum Gasteiger partial charge on any atom is -0.352 e. The van der Waals surface area contributed by atoms with E-state index in [-0.39, 0.29) is 36.1 Å². The van der Waals surface area contributed by atoms with Crippen LogP contribution in [0, 0.1) is 5.92 Å². The molecule has 4 N–H and O–H groups in total. The number of unbranched alkanes of at least 4 members (excludes halogenated alkanes) is 1. The number of benzene rings is 3. The zero-order valence-electron chi connectivity index (χ0n) is 23.0. The van der Waals surface area contributed by atoms with Gasteiger partial charge in [-0.2, -0.15) is 0 Å². The zero-order valence-corrected chi connectivity index (χ0v) is 23.0. The van der Waals surface area contributed by atoms with Gasteiger partial charge in [-0.05, 0) is 49.1 Å². The van der Waals surface area contributed by atoms with Gasteiger partial charge in [-0.25, -0.2) is 4.79 Å². The van der Waals surface area contributed by atoms with Gasteiger partial charge in [0.25, 0.3) is 5.91 Å². The van der Waals surface area contributed by atoms with Crippen molar-refractivity contribution in [2.24, 2.45) is 5.92 Å². The second-order valence-electron chi connectivity index (χ2n) is 10.2. The number of hydrogen-bond donors (Lipinski definition) is 4. The monoisotopic (exact) mass is 527 g/mol. The van der Waals surface area contributed by atoms with Crippen LogP contribution >= 0.6 is 0 Å². The lowest BCUT2D eigenvalue weighted by molar-refractivity contribution is 0.0436. The summed E-state index contributed by atoms with van der Waals surface area (Å²) >= 11 is 0. The van der Waals surface area contributed by atoms with E-state index in [9.17, 15) is 9.59 Å². The van der Waals surface area contributed by atoms with Crippen LogP contribution in [0.3, 0.4) is 0 Å². The van der Waals surface area contributed by atoms with Crippen molar-refractivity contribution in [3.8, 4) is 0 Å². The summed E-state index contributed by atoms with van der Waals surface area (Å²) < 4.78 is 0. The van der Waals surface area contributed by atoms with Gasteiger partial charge in [0.2, 0.25) is 0 Å². The van der Waals surface area contributed by atoms with Crippen LogP contribution in [0.2, 0.25) is 0 Å². The first-order chi connectivity index (χ1) is 19.1. The van der Waals surface area contributed by atoms with Gasteiger partial charge in [-0.15, -0.1) is 0 Å². The topological polar surface area (TPSA) is 85.5 Å². The molecule has 0 radical (unpaired) electrons. The van der Waals surface area contributed by atoms with Gasteiger partial charge in [0, 0.05) is 31.2 Å². The molecule has 1 aliphatic rings. The number of amides is 3. The Balaban J connectivity index is 1.60. The van der Waals surface area contributed by atoms with E-state index in [0.29, 0.717) is 31.6 Å². The third-order valence-corrected chi connectivity index (χ3v) is 7.51. The number of urea groups is 1. The van der Waals surface area contributed by atoms with Crippen LogP contribution in [0.5, 0.6) is 0 Å². The maximum Gasteiger partial charge on any atom is 0.316 e. The summed E-state index contributed by atoms with van der Waals surface area (Å²) in [7, 11) is 1.97. The Hall–Kier alpha value is -3.68. The average Bonchev–Trinajstić information content (AvgIpc) is 2.98. The van der Waals surface area contributed by atoms with Crippen molar-refractivity contribution in [3.05, 3.63) is 108 Å². The molecule has 3 atom stereocenters. The first-order valence-corrected chi connectivity index (χ1v) is 14.0. The Morgan fingerprint density at radius 3 is 2.03 bits per heavy atom. The average molecular weight is 528 g/mol. The lowest BCUT2D eigenvalue weighted by atomic mass is 9.86. The Morgan fingerprint density at radius 1 is 0.872 bits per heavy atom. The molecule has 7 nitrogen and oxygen atoms in total. The number of carbonyl (C=O) groups excluding carboxylic acids is 2. The summed E-state index contributed by atoms with van der Waals surface area (Å²) in [5, 5.41) is 12.9. The SMILES string of the molecule is CCCCNC(=O)NC1CC(CNC(=O)c2ccccc2)C(NC)CN1C(c1ccccc1)c1ccccc1. The third kappa shape index (κ3) is 7.68. The largest absolute Gasteiger partial charge is 0.352 e. The zero-order chi connectivity index (χ0) is 27.5. The lowest BCUT2D eigenvalue weighted by Crippen LogP contribution is -2.63. The molecule has 206 valence electrons. The number of nitrogens with one attached hydrogen (secondary N) is 4. The fourth-order valence-electron chi connectivity index (χ4n) is 5.41. The van der Waals surface area contributed by atoms with Crippen molar-refractivity contribution in [1.82, 2.24) is 26.2 Å². The summed E-state index contributed by atoms with van der Waals surface area (Å²) in [4.78, 5) is 28.2. The standard InChI is InChI=1S/C32H41N5O2/c1-3-4-20-34-32(39)36-29-21-27(22-35-31(38)26-18-12-7-13-19-26)28(33-2)23-37(29)30(24-14-8-5-9-15-24)25-16-10-6-11-17-25/h5-19,27-30,33H,3-4,20-23H2,1-2H3,(H,35,38)(H2,34,36,39). The molecule has 39 heavy (non-hydrogen) atoms. The Morgan fingerprint density at radius 2 is 1.46 bits per heavy atom. The van der Waals surface area contributed by atoms with E-state index in [4.69, 9.17) is 0 Å². The van der Waals surface area contributed by atoms with E-state index in [1.807, 2.05) is 49.5 Å². The molecule has 7 heteroatoms. The van der Waals surface area contributed by atoms with E-state index in [0.717, 1.165) is 12.8 Å². The molecule has 3 unspecified atom stereocenters. The predicted molar refractivity (Wildman–Crippen MR) is 156 cm³/mol. The van der Waals surface area contributed by atoms with Gasteiger partial charge in [0.1, 0.15) is 0 Å². The molecule has 1 aliphatic heterocycles. The minimum atomic E-state index is -0.222. The molecule has 3 aromatic carbocycles. The van der Waals surface area contributed by atoms with E-state index >= 15 is 0 Å². The fourth-order valence-corrected chi connectivity index (χ4v) is 5.41. The molecular formula is C32H41N5O2. The van der Waals surface area contributed by atoms with E-state index in [1.54, 1.807) is 0 Å². The molecule has 3 aromatic rings. The fraction of sp³-hybridized carbons (Fsp3) is 0.375. The molecule has 3 amide bonds. The van der Waals surface area contributed by atoms with Gasteiger partial charge in [-0.1, -0.05) is 92.2 Å². The molecule has 0 spiro atoms. The number of nitrogens with zero attached hydrogens (tertiary/aromatic N) is 1. The number of carbonyl (C=O) groups is 2. The second-order valence-corrected chi connectivity index (χ2v) is 10.2. The highest BCUT2D eigenvalue weighted by Crippen LogP contribution is 2.35. The van der Waals surface area contributed by atoms with Crippen LogP contribution in [0.25, 0.3) is 0 Å². The van der Waals surface area contributed by atoms with Crippen LogP contribution in [0.15, 0.2) is 91.0 Å². The predicted octanol–water partition coefficient (Wildman–Crippen LogP) is 4.54. The molecular weight excluding hydrogens is 486 g/mol. The van der Waals surface area contributed by atoms with Crippen molar-refractivity contribution >= 4 is 11.9 Å². The van der Waals surface area contributed by atoms with Crippen molar-refractivity contribution in [3.63, 3.8) is 0 Å². The molecule has 4 rings (SSSR count). The van der Waals surface area contributed by atoms with Crippen molar-refractivity contribution in [1.29, 1.82) is 0 Å². The summed E-state index contributed by atoms with van der Waals surface area (Å²) in [6.07, 6.45) is 2.43. The van der Waals surface area contributed by atoms with Gasteiger partial charge in [0.05, 0.1) is 12.2 Å². The summed E-state index contributed by atoms with van der Waals surface area (Å²) in [5.74, 6) is 0.0493. The number of rotatable bonds is 11. The smallest absolute Gasteiger partial charge is 0.316 e. The van der Waals surface area contributed by atoms with Crippen molar-refractivity contribution in [2.45, 2.75) is 44.4 Å². The van der Waals surface area contributed by atoms with E-state index in [2.05, 4.69) is 81.6 Å². The normalized spacial score (nSPS) is 19.4. The van der Waals surface area contributed by atoms with Crippen LogP contribution in [0.1, 0.15) is 53.7 Å². The maximum absolute atomic E-state index is 13.0. The Kier molecular flexibility index (Phi) is 10.5. The van der Waals surface area contributed by atoms with E-state index < -0.39 is 0 Å². The molecule has 0 saturated carbocycles. The highest BCUT2D eigenvalue weighted by Gasteiger charge is 2.40. The van der Waals surface area contributed by atoms with Gasteiger partial charge in [0.15, 0.2) is 0 Å². The highest BCUT2D eigenvalue weighted by molar-refractivity contribution is 5.94. The van der Waals surface area contributed by atoms with Crippen molar-refractivity contribution in [2.75, 3.05) is 26.7 Å².